The minimum atomic E-state index is 0.554. The molecule has 4 heterocycles. The zero-order valence-corrected chi connectivity index (χ0v) is 35.7. The Bertz CT molecular complexity index is 3870. The van der Waals surface area contributed by atoms with Crippen molar-refractivity contribution < 1.29 is 0 Å². The van der Waals surface area contributed by atoms with E-state index in [4.69, 9.17) is 19.9 Å². The first-order valence-corrected chi connectivity index (χ1v) is 22.5. The lowest BCUT2D eigenvalue weighted by molar-refractivity contribution is 0.953. The quantitative estimate of drug-likeness (QED) is 0.160. The van der Waals surface area contributed by atoms with Gasteiger partial charge in [-0.15, -0.1) is 11.3 Å². The highest BCUT2D eigenvalue weighted by Gasteiger charge is 2.24. The van der Waals surface area contributed by atoms with Crippen molar-refractivity contribution in [1.82, 2.24) is 29.1 Å². The number of nitrogens with zero attached hydrogens (tertiary/aromatic N) is 6. The molecule has 7 heteroatoms. The fourth-order valence-electron chi connectivity index (χ4n) is 9.45. The Morgan fingerprint density at radius 1 is 0.338 bits per heavy atom. The molecule has 0 saturated carbocycles. The van der Waals surface area contributed by atoms with Gasteiger partial charge in [0.2, 0.25) is 5.95 Å². The van der Waals surface area contributed by atoms with Gasteiger partial charge in [0.25, 0.3) is 0 Å². The van der Waals surface area contributed by atoms with Crippen LogP contribution in [0.15, 0.2) is 218 Å². The number of aromatic nitrogens is 6. The monoisotopic (exact) mass is 848 g/mol. The predicted molar refractivity (Wildman–Crippen MR) is 269 cm³/mol. The van der Waals surface area contributed by atoms with Crippen LogP contribution in [0.1, 0.15) is 0 Å². The SMILES string of the molecule is c1ccc(-c2cc(-c3cccc4nc(-c5ccccc5)sc34)cc(-n3c4ccccc4c4ccc5c6ccccc6n(-c6nc(-c7ccccc7)nc(-c7ccccc7)n6)c5c43)c2)cc1. The van der Waals surface area contributed by atoms with Crippen LogP contribution in [0.4, 0.5) is 0 Å². The van der Waals surface area contributed by atoms with Gasteiger partial charge in [-0.2, -0.15) is 9.97 Å². The molecular formula is C58H36N6S. The van der Waals surface area contributed by atoms with Crippen LogP contribution in [0.5, 0.6) is 0 Å². The summed E-state index contributed by atoms with van der Waals surface area (Å²) < 4.78 is 5.87. The standard InChI is InChI=1S/C58H36N6S/c1-5-18-37(19-6-1)41-34-42(44-28-17-29-49-54(44)65-57(59-49)40-24-11-4-12-25-40)36-43(35-41)63-50-30-15-13-26-45(50)47-32-33-48-46-27-14-16-31-51(46)64(53(48)52(47)63)58-61-55(38-20-7-2-8-21-38)60-56(62-58)39-22-9-3-10-23-39/h1-36H. The normalized spacial score (nSPS) is 11.7. The largest absolute Gasteiger partial charge is 0.307 e. The first kappa shape index (κ1) is 37.1. The van der Waals surface area contributed by atoms with Crippen molar-refractivity contribution in [3.8, 4) is 67.2 Å². The molecule has 6 nitrogen and oxygen atoms in total. The van der Waals surface area contributed by atoms with Crippen molar-refractivity contribution in [1.29, 1.82) is 0 Å². The fourth-order valence-corrected chi connectivity index (χ4v) is 10.6. The molecule has 0 fully saturated rings. The van der Waals surface area contributed by atoms with E-state index in [9.17, 15) is 0 Å². The van der Waals surface area contributed by atoms with E-state index >= 15 is 0 Å². The minimum Gasteiger partial charge on any atom is -0.307 e. The number of thiazole rings is 1. The molecule has 0 spiro atoms. The number of fused-ring (bicyclic) bond motifs is 8. The topological polar surface area (TPSA) is 61.4 Å². The van der Waals surface area contributed by atoms with Crippen LogP contribution in [0.2, 0.25) is 0 Å². The Kier molecular flexibility index (Phi) is 8.60. The molecule has 13 aromatic rings. The molecule has 0 aliphatic rings. The molecule has 0 unspecified atom stereocenters. The molecule has 0 atom stereocenters. The molecule has 304 valence electrons. The number of para-hydroxylation sites is 2. The average molecular weight is 849 g/mol. The molecule has 0 aliphatic carbocycles. The lowest BCUT2D eigenvalue weighted by Gasteiger charge is -2.16. The van der Waals surface area contributed by atoms with Gasteiger partial charge in [0, 0.05) is 49.5 Å². The molecule has 13 rings (SSSR count). The van der Waals surface area contributed by atoms with Gasteiger partial charge in [-0.25, -0.2) is 9.97 Å². The van der Waals surface area contributed by atoms with Gasteiger partial charge in [-0.05, 0) is 53.1 Å². The summed E-state index contributed by atoms with van der Waals surface area (Å²) in [6, 6.07) is 77.0. The van der Waals surface area contributed by atoms with Gasteiger partial charge < -0.3 is 4.57 Å². The second kappa shape index (κ2) is 15.1. The maximum atomic E-state index is 5.32. The van der Waals surface area contributed by atoms with Gasteiger partial charge in [0.15, 0.2) is 11.6 Å². The number of rotatable bonds is 7. The van der Waals surface area contributed by atoms with Crippen LogP contribution in [0, 0.1) is 0 Å². The first-order valence-electron chi connectivity index (χ1n) is 21.7. The smallest absolute Gasteiger partial charge is 0.238 e. The van der Waals surface area contributed by atoms with Gasteiger partial charge in [-0.1, -0.05) is 182 Å². The van der Waals surface area contributed by atoms with Crippen LogP contribution in [-0.2, 0) is 0 Å². The fraction of sp³-hybridized carbons (Fsp3) is 0. The van der Waals surface area contributed by atoms with E-state index in [0.717, 1.165) is 103 Å². The Balaban J connectivity index is 1.14. The van der Waals surface area contributed by atoms with Crippen LogP contribution in [0.25, 0.3) is 121 Å². The van der Waals surface area contributed by atoms with Gasteiger partial charge in [-0.3, -0.25) is 4.57 Å². The van der Waals surface area contributed by atoms with Crippen molar-refractivity contribution in [2.45, 2.75) is 0 Å². The molecule has 0 aliphatic heterocycles. The molecule has 0 radical (unpaired) electrons. The maximum absolute atomic E-state index is 5.32. The molecular weight excluding hydrogens is 813 g/mol. The van der Waals surface area contributed by atoms with E-state index in [2.05, 4.69) is 191 Å². The summed E-state index contributed by atoms with van der Waals surface area (Å²) in [6.07, 6.45) is 0. The highest BCUT2D eigenvalue weighted by molar-refractivity contribution is 7.22. The van der Waals surface area contributed by atoms with Gasteiger partial charge in [0.05, 0.1) is 32.3 Å². The third kappa shape index (κ3) is 6.16. The van der Waals surface area contributed by atoms with E-state index in [1.54, 1.807) is 11.3 Å². The van der Waals surface area contributed by atoms with Gasteiger partial charge in [0.1, 0.15) is 5.01 Å². The second-order valence-corrected chi connectivity index (χ2v) is 17.3. The lowest BCUT2D eigenvalue weighted by atomic mass is 9.97. The third-order valence-corrected chi connectivity index (χ3v) is 13.5. The molecule has 4 aromatic heterocycles. The molecule has 0 amide bonds. The maximum Gasteiger partial charge on any atom is 0.238 e. The summed E-state index contributed by atoms with van der Waals surface area (Å²) in [6.45, 7) is 0. The summed E-state index contributed by atoms with van der Waals surface area (Å²) >= 11 is 1.74. The van der Waals surface area contributed by atoms with Crippen LogP contribution in [0.3, 0.4) is 0 Å². The lowest BCUT2D eigenvalue weighted by Crippen LogP contribution is -2.07. The highest BCUT2D eigenvalue weighted by Crippen LogP contribution is 2.44. The Morgan fingerprint density at radius 2 is 0.846 bits per heavy atom. The van der Waals surface area contributed by atoms with E-state index in [1.807, 2.05) is 36.4 Å². The summed E-state index contributed by atoms with van der Waals surface area (Å²) in [4.78, 5) is 20.9. The summed E-state index contributed by atoms with van der Waals surface area (Å²) in [7, 11) is 0. The molecule has 0 saturated heterocycles. The average Bonchev–Trinajstić information content (AvgIpc) is 4.08. The molecule has 0 bridgehead atoms. The minimum absolute atomic E-state index is 0.554. The molecule has 65 heavy (non-hydrogen) atoms. The Morgan fingerprint density at radius 3 is 1.46 bits per heavy atom. The second-order valence-electron chi connectivity index (χ2n) is 16.3. The molecule has 9 aromatic carbocycles. The predicted octanol–water partition coefficient (Wildman–Crippen LogP) is 15.0. The van der Waals surface area contributed by atoms with Crippen LogP contribution < -0.4 is 0 Å². The Hall–Kier alpha value is -8.52. The van der Waals surface area contributed by atoms with Crippen molar-refractivity contribution in [2.75, 3.05) is 0 Å². The van der Waals surface area contributed by atoms with Crippen molar-refractivity contribution in [3.05, 3.63) is 218 Å². The number of hydrogen-bond donors (Lipinski definition) is 0. The van der Waals surface area contributed by atoms with E-state index in [-0.39, 0.29) is 0 Å². The van der Waals surface area contributed by atoms with Crippen molar-refractivity contribution in [2.24, 2.45) is 0 Å². The number of hydrogen-bond acceptors (Lipinski definition) is 5. The van der Waals surface area contributed by atoms with Crippen molar-refractivity contribution in [3.63, 3.8) is 0 Å². The van der Waals surface area contributed by atoms with E-state index < -0.39 is 0 Å². The summed E-state index contributed by atoms with van der Waals surface area (Å²) in [5.41, 5.74) is 13.7. The summed E-state index contributed by atoms with van der Waals surface area (Å²) in [5.74, 6) is 1.78. The molecule has 0 N–H and O–H groups in total. The van der Waals surface area contributed by atoms with Crippen LogP contribution >= 0.6 is 11.3 Å². The Labute approximate surface area is 378 Å². The number of benzene rings is 9. The van der Waals surface area contributed by atoms with Crippen LogP contribution in [-0.4, -0.2) is 29.1 Å². The highest BCUT2D eigenvalue weighted by atomic mass is 32.1. The van der Waals surface area contributed by atoms with E-state index in [1.165, 1.54) is 0 Å². The third-order valence-electron chi connectivity index (χ3n) is 12.4. The summed E-state index contributed by atoms with van der Waals surface area (Å²) in [5, 5.41) is 5.54. The zero-order valence-electron chi connectivity index (χ0n) is 34.9. The van der Waals surface area contributed by atoms with Gasteiger partial charge >= 0.3 is 0 Å². The first-order chi connectivity index (χ1) is 32.2. The zero-order chi connectivity index (χ0) is 42.8. The van der Waals surface area contributed by atoms with Crippen molar-refractivity contribution >= 4 is 65.2 Å². The van der Waals surface area contributed by atoms with E-state index in [0.29, 0.717) is 17.6 Å².